The van der Waals surface area contributed by atoms with Crippen LogP contribution in [0.3, 0.4) is 0 Å². The first-order valence-electron chi connectivity index (χ1n) is 8.13. The Morgan fingerprint density at radius 1 is 1.19 bits per heavy atom. The van der Waals surface area contributed by atoms with E-state index in [4.69, 9.17) is 4.74 Å². The molecule has 0 fully saturated rings. The lowest BCUT2D eigenvalue weighted by Crippen LogP contribution is -2.42. The van der Waals surface area contributed by atoms with Crippen molar-refractivity contribution in [2.24, 2.45) is 0 Å². The molecule has 0 aliphatic carbocycles. The van der Waals surface area contributed by atoms with Crippen molar-refractivity contribution in [1.82, 2.24) is 5.32 Å². The number of benzene rings is 2. The minimum atomic E-state index is -3.50. The molecule has 1 atom stereocenters. The number of hydrogen-bond acceptors (Lipinski definition) is 5. The standard InChI is InChI=1S/C18H17F2NO5S/c19-18(20)26-14-6-2-1-5-12(14)9-17(22)21-10-13-11-27(23,24)16-8-4-3-7-15(16)25-13/h1-8,13,18H,9-11H2,(H,21,22)/t13-/m0/s1. The third-order valence-corrected chi connectivity index (χ3v) is 5.77. The van der Waals surface area contributed by atoms with Crippen molar-refractivity contribution in [2.75, 3.05) is 12.3 Å². The Balaban J connectivity index is 1.61. The highest BCUT2D eigenvalue weighted by Gasteiger charge is 2.31. The fraction of sp³-hybridized carbons (Fsp3) is 0.278. The van der Waals surface area contributed by atoms with E-state index in [0.29, 0.717) is 5.56 Å². The molecule has 1 amide bonds. The lowest BCUT2D eigenvalue weighted by atomic mass is 10.1. The van der Waals surface area contributed by atoms with Crippen molar-refractivity contribution in [1.29, 1.82) is 0 Å². The number of amides is 1. The number of carbonyl (C=O) groups excluding carboxylic acids is 1. The van der Waals surface area contributed by atoms with Crippen LogP contribution in [0.4, 0.5) is 8.78 Å². The molecule has 0 aromatic heterocycles. The lowest BCUT2D eigenvalue weighted by molar-refractivity contribution is -0.120. The quantitative estimate of drug-likeness (QED) is 0.808. The third kappa shape index (κ3) is 4.73. The lowest BCUT2D eigenvalue weighted by Gasteiger charge is -2.26. The van der Waals surface area contributed by atoms with Crippen LogP contribution in [-0.2, 0) is 21.1 Å². The summed E-state index contributed by atoms with van der Waals surface area (Å²) < 4.78 is 59.4. The molecule has 0 saturated carbocycles. The van der Waals surface area contributed by atoms with E-state index in [-0.39, 0.29) is 35.1 Å². The zero-order valence-electron chi connectivity index (χ0n) is 14.1. The minimum Gasteiger partial charge on any atom is -0.486 e. The van der Waals surface area contributed by atoms with Gasteiger partial charge < -0.3 is 14.8 Å². The van der Waals surface area contributed by atoms with E-state index in [1.807, 2.05) is 0 Å². The predicted octanol–water partition coefficient (Wildman–Crippen LogP) is 2.18. The van der Waals surface area contributed by atoms with E-state index in [1.165, 1.54) is 24.3 Å². The van der Waals surface area contributed by atoms with Gasteiger partial charge in [0.1, 0.15) is 22.5 Å². The first kappa shape index (κ1) is 19.1. The van der Waals surface area contributed by atoms with E-state index in [9.17, 15) is 22.0 Å². The Kier molecular flexibility index (Phi) is 5.59. The number of nitrogens with one attached hydrogen (secondary N) is 1. The van der Waals surface area contributed by atoms with Gasteiger partial charge >= 0.3 is 6.61 Å². The summed E-state index contributed by atoms with van der Waals surface area (Å²) in [5.74, 6) is -0.540. The molecule has 1 aliphatic rings. The fourth-order valence-corrected chi connectivity index (χ4v) is 4.34. The largest absolute Gasteiger partial charge is 0.486 e. The zero-order valence-corrected chi connectivity index (χ0v) is 14.9. The Labute approximate surface area is 155 Å². The molecule has 1 N–H and O–H groups in total. The number of fused-ring (bicyclic) bond motifs is 1. The summed E-state index contributed by atoms with van der Waals surface area (Å²) in [4.78, 5) is 12.3. The highest BCUT2D eigenvalue weighted by molar-refractivity contribution is 7.91. The van der Waals surface area contributed by atoms with Crippen LogP contribution in [0.2, 0.25) is 0 Å². The molecule has 6 nitrogen and oxygen atoms in total. The van der Waals surface area contributed by atoms with Crippen LogP contribution >= 0.6 is 0 Å². The van der Waals surface area contributed by atoms with Gasteiger partial charge in [-0.3, -0.25) is 4.79 Å². The molecule has 0 spiro atoms. The van der Waals surface area contributed by atoms with Gasteiger partial charge in [-0.05, 0) is 18.2 Å². The van der Waals surface area contributed by atoms with E-state index in [0.717, 1.165) is 0 Å². The van der Waals surface area contributed by atoms with Gasteiger partial charge in [-0.25, -0.2) is 8.42 Å². The number of hydrogen-bond donors (Lipinski definition) is 1. The number of alkyl halides is 2. The van der Waals surface area contributed by atoms with Crippen LogP contribution < -0.4 is 14.8 Å². The smallest absolute Gasteiger partial charge is 0.387 e. The Morgan fingerprint density at radius 2 is 1.89 bits per heavy atom. The normalized spacial score (nSPS) is 17.7. The van der Waals surface area contributed by atoms with Crippen LogP contribution in [0.1, 0.15) is 5.56 Å². The van der Waals surface area contributed by atoms with Crippen LogP contribution in [0.15, 0.2) is 53.4 Å². The molecule has 0 radical (unpaired) electrons. The van der Waals surface area contributed by atoms with Gasteiger partial charge in [0.15, 0.2) is 9.84 Å². The summed E-state index contributed by atoms with van der Waals surface area (Å²) in [6, 6.07) is 12.3. The van der Waals surface area contributed by atoms with Crippen molar-refractivity contribution in [3.8, 4) is 11.5 Å². The molecule has 0 saturated heterocycles. The van der Waals surface area contributed by atoms with Gasteiger partial charge in [0.05, 0.1) is 18.7 Å². The zero-order chi connectivity index (χ0) is 19.4. The van der Waals surface area contributed by atoms with Crippen molar-refractivity contribution < 1.29 is 31.5 Å². The average Bonchev–Trinajstić information content (AvgIpc) is 2.61. The molecule has 9 heteroatoms. The maximum absolute atomic E-state index is 12.4. The Hall–Kier alpha value is -2.68. The highest BCUT2D eigenvalue weighted by Crippen LogP contribution is 2.30. The molecule has 0 bridgehead atoms. The fourth-order valence-electron chi connectivity index (χ4n) is 2.78. The molecule has 144 valence electrons. The molecule has 1 aliphatic heterocycles. The van der Waals surface area contributed by atoms with Crippen LogP contribution in [0.25, 0.3) is 0 Å². The van der Waals surface area contributed by atoms with Crippen molar-refractivity contribution in [3.63, 3.8) is 0 Å². The summed E-state index contributed by atoms with van der Waals surface area (Å²) in [5, 5.41) is 2.58. The number of para-hydroxylation sites is 2. The van der Waals surface area contributed by atoms with Gasteiger partial charge in [-0.2, -0.15) is 8.78 Å². The van der Waals surface area contributed by atoms with Crippen molar-refractivity contribution in [3.05, 3.63) is 54.1 Å². The predicted molar refractivity (Wildman–Crippen MR) is 92.7 cm³/mol. The van der Waals surface area contributed by atoms with E-state index >= 15 is 0 Å². The summed E-state index contributed by atoms with van der Waals surface area (Å²) >= 11 is 0. The third-order valence-electron chi connectivity index (χ3n) is 3.95. The second-order valence-corrected chi connectivity index (χ2v) is 7.94. The second-order valence-electron chi connectivity index (χ2n) is 5.94. The molecular formula is C18H17F2NO5S. The van der Waals surface area contributed by atoms with Crippen molar-refractivity contribution in [2.45, 2.75) is 24.0 Å². The number of sulfone groups is 1. The molecule has 27 heavy (non-hydrogen) atoms. The van der Waals surface area contributed by atoms with Gasteiger partial charge in [-0.1, -0.05) is 30.3 Å². The van der Waals surface area contributed by atoms with Gasteiger partial charge in [-0.15, -0.1) is 0 Å². The summed E-state index contributed by atoms with van der Waals surface area (Å²) in [7, 11) is -3.50. The summed E-state index contributed by atoms with van der Waals surface area (Å²) in [5.41, 5.74) is 0.304. The minimum absolute atomic E-state index is 0.0235. The SMILES string of the molecule is O=C(Cc1ccccc1OC(F)F)NC[C@H]1CS(=O)(=O)c2ccccc2O1. The van der Waals surface area contributed by atoms with Crippen LogP contribution in [0, 0.1) is 0 Å². The van der Waals surface area contributed by atoms with E-state index < -0.39 is 28.5 Å². The number of rotatable bonds is 6. The molecule has 2 aromatic carbocycles. The van der Waals surface area contributed by atoms with Gasteiger partial charge in [0.25, 0.3) is 0 Å². The number of carbonyl (C=O) groups is 1. The monoisotopic (exact) mass is 397 g/mol. The molecule has 0 unspecified atom stereocenters. The second kappa shape index (κ2) is 7.91. The number of ether oxygens (including phenoxy) is 2. The van der Waals surface area contributed by atoms with Gasteiger partial charge in [0, 0.05) is 5.56 Å². The van der Waals surface area contributed by atoms with Crippen LogP contribution in [-0.4, -0.2) is 39.3 Å². The highest BCUT2D eigenvalue weighted by atomic mass is 32.2. The Bertz CT molecular complexity index is 933. The summed E-state index contributed by atoms with van der Waals surface area (Å²) in [6.45, 7) is -3.01. The molecule has 1 heterocycles. The Morgan fingerprint density at radius 3 is 2.67 bits per heavy atom. The first-order chi connectivity index (χ1) is 12.8. The first-order valence-corrected chi connectivity index (χ1v) is 9.78. The topological polar surface area (TPSA) is 81.7 Å². The molecule has 3 rings (SSSR count). The van der Waals surface area contributed by atoms with Gasteiger partial charge in [0.2, 0.25) is 5.91 Å². The van der Waals surface area contributed by atoms with Crippen molar-refractivity contribution >= 4 is 15.7 Å². The number of halogens is 2. The van der Waals surface area contributed by atoms with E-state index in [1.54, 1.807) is 24.3 Å². The summed E-state index contributed by atoms with van der Waals surface area (Å²) in [6.07, 6.45) is -0.916. The molecular weight excluding hydrogens is 380 g/mol. The average molecular weight is 397 g/mol. The van der Waals surface area contributed by atoms with E-state index in [2.05, 4.69) is 10.1 Å². The van der Waals surface area contributed by atoms with Crippen LogP contribution in [0.5, 0.6) is 11.5 Å². The maximum atomic E-state index is 12.4. The maximum Gasteiger partial charge on any atom is 0.387 e. The molecule has 2 aromatic rings.